The van der Waals surface area contributed by atoms with Crippen LogP contribution in [0.3, 0.4) is 0 Å². The van der Waals surface area contributed by atoms with Crippen molar-refractivity contribution in [1.82, 2.24) is 10.2 Å². The number of nitrogens with zero attached hydrogens (tertiary/aromatic N) is 1. The molecule has 18 heavy (non-hydrogen) atoms. The van der Waals surface area contributed by atoms with Crippen molar-refractivity contribution >= 4 is 0 Å². The van der Waals surface area contributed by atoms with E-state index in [4.69, 9.17) is 4.74 Å². The van der Waals surface area contributed by atoms with Gasteiger partial charge >= 0.3 is 0 Å². The van der Waals surface area contributed by atoms with Crippen molar-refractivity contribution in [2.45, 2.75) is 70.1 Å². The number of nitrogens with one attached hydrogen (secondary N) is 1. The number of piperazine rings is 1. The molecular formula is C15H30N2O. The van der Waals surface area contributed by atoms with Gasteiger partial charge in [0.1, 0.15) is 0 Å². The quantitative estimate of drug-likeness (QED) is 0.788. The van der Waals surface area contributed by atoms with Crippen LogP contribution >= 0.6 is 0 Å². The molecule has 2 aliphatic rings. The minimum atomic E-state index is 0.182. The Balaban J connectivity index is 1.93. The van der Waals surface area contributed by atoms with Gasteiger partial charge in [0, 0.05) is 38.8 Å². The monoisotopic (exact) mass is 254 g/mol. The molecular weight excluding hydrogens is 224 g/mol. The zero-order valence-corrected chi connectivity index (χ0v) is 12.4. The fraction of sp³-hybridized carbons (Fsp3) is 1.00. The van der Waals surface area contributed by atoms with E-state index in [-0.39, 0.29) is 5.60 Å². The Morgan fingerprint density at radius 3 is 2.61 bits per heavy atom. The Bertz CT molecular complexity index is 247. The standard InChI is InChI=1S/C15H30N2O/c1-4-7-13-11-17(14(5-2)10-16-13)12-15(18-3)8-6-9-15/h13-14,16H,4-12H2,1-3H3. The summed E-state index contributed by atoms with van der Waals surface area (Å²) in [6.45, 7) is 8.09. The average Bonchev–Trinajstić information content (AvgIpc) is 2.34. The van der Waals surface area contributed by atoms with E-state index in [1.54, 1.807) is 0 Å². The van der Waals surface area contributed by atoms with Crippen molar-refractivity contribution in [3.63, 3.8) is 0 Å². The van der Waals surface area contributed by atoms with Gasteiger partial charge in [-0.2, -0.15) is 0 Å². The molecule has 0 aromatic carbocycles. The molecule has 1 N–H and O–H groups in total. The molecule has 2 fully saturated rings. The summed E-state index contributed by atoms with van der Waals surface area (Å²) in [6, 6.07) is 1.39. The molecule has 2 unspecified atom stereocenters. The lowest BCUT2D eigenvalue weighted by Crippen LogP contribution is -2.61. The number of ether oxygens (including phenoxy) is 1. The molecule has 2 atom stereocenters. The Morgan fingerprint density at radius 2 is 2.11 bits per heavy atom. The normalized spacial score (nSPS) is 32.2. The first kappa shape index (κ1) is 14.3. The fourth-order valence-electron chi connectivity index (χ4n) is 3.43. The van der Waals surface area contributed by atoms with Crippen LogP contribution in [0.2, 0.25) is 0 Å². The number of hydrogen-bond donors (Lipinski definition) is 1. The van der Waals surface area contributed by atoms with E-state index in [0.717, 1.165) is 13.1 Å². The summed E-state index contributed by atoms with van der Waals surface area (Å²) < 4.78 is 5.80. The van der Waals surface area contributed by atoms with Crippen LogP contribution in [-0.2, 0) is 4.74 Å². The maximum absolute atomic E-state index is 5.80. The first-order chi connectivity index (χ1) is 8.73. The highest BCUT2D eigenvalue weighted by atomic mass is 16.5. The van der Waals surface area contributed by atoms with Crippen LogP contribution in [0.15, 0.2) is 0 Å². The maximum atomic E-state index is 5.80. The van der Waals surface area contributed by atoms with Crippen LogP contribution in [0.5, 0.6) is 0 Å². The van der Waals surface area contributed by atoms with Crippen LogP contribution in [0.1, 0.15) is 52.4 Å². The predicted molar refractivity (Wildman–Crippen MR) is 75.9 cm³/mol. The van der Waals surface area contributed by atoms with Gasteiger partial charge in [-0.05, 0) is 32.1 Å². The summed E-state index contributed by atoms with van der Waals surface area (Å²) in [5.74, 6) is 0. The van der Waals surface area contributed by atoms with Gasteiger partial charge in [-0.15, -0.1) is 0 Å². The largest absolute Gasteiger partial charge is 0.377 e. The number of hydrogen-bond acceptors (Lipinski definition) is 3. The summed E-state index contributed by atoms with van der Waals surface area (Å²) >= 11 is 0. The topological polar surface area (TPSA) is 24.5 Å². The second-order valence-electron chi connectivity index (χ2n) is 6.13. The molecule has 0 amide bonds. The second-order valence-corrected chi connectivity index (χ2v) is 6.13. The maximum Gasteiger partial charge on any atom is 0.0805 e. The van der Waals surface area contributed by atoms with Crippen molar-refractivity contribution in [3.8, 4) is 0 Å². The molecule has 1 saturated carbocycles. The molecule has 1 aliphatic heterocycles. The van der Waals surface area contributed by atoms with E-state index in [1.807, 2.05) is 7.11 Å². The SMILES string of the molecule is CCCC1CN(CC2(OC)CCC2)C(CC)CN1. The molecule has 1 heterocycles. The Labute approximate surface area is 112 Å². The van der Waals surface area contributed by atoms with E-state index in [2.05, 4.69) is 24.1 Å². The summed E-state index contributed by atoms with van der Waals surface area (Å²) in [5, 5.41) is 3.71. The summed E-state index contributed by atoms with van der Waals surface area (Å²) in [6.07, 6.45) is 7.66. The van der Waals surface area contributed by atoms with Gasteiger partial charge in [0.15, 0.2) is 0 Å². The third-order valence-electron chi connectivity index (χ3n) is 4.91. The summed E-state index contributed by atoms with van der Waals surface area (Å²) in [7, 11) is 1.89. The van der Waals surface area contributed by atoms with Crippen LogP contribution in [0.4, 0.5) is 0 Å². The zero-order valence-electron chi connectivity index (χ0n) is 12.4. The van der Waals surface area contributed by atoms with Crippen LogP contribution in [0, 0.1) is 0 Å². The molecule has 0 aromatic rings. The van der Waals surface area contributed by atoms with E-state index in [1.165, 1.54) is 45.1 Å². The smallest absolute Gasteiger partial charge is 0.0805 e. The van der Waals surface area contributed by atoms with Crippen molar-refractivity contribution < 1.29 is 4.74 Å². The van der Waals surface area contributed by atoms with Crippen LogP contribution < -0.4 is 5.32 Å². The molecule has 0 spiro atoms. The Kier molecular flexibility index (Phi) is 5.05. The van der Waals surface area contributed by atoms with Gasteiger partial charge < -0.3 is 10.1 Å². The van der Waals surface area contributed by atoms with Gasteiger partial charge in [-0.25, -0.2) is 0 Å². The second kappa shape index (κ2) is 6.36. The Hall–Kier alpha value is -0.120. The van der Waals surface area contributed by atoms with E-state index in [9.17, 15) is 0 Å². The number of methoxy groups -OCH3 is 1. The molecule has 1 saturated heterocycles. The summed E-state index contributed by atoms with van der Waals surface area (Å²) in [5.41, 5.74) is 0.182. The molecule has 0 radical (unpaired) electrons. The van der Waals surface area contributed by atoms with Gasteiger partial charge in [-0.1, -0.05) is 20.3 Å². The molecule has 106 valence electrons. The minimum Gasteiger partial charge on any atom is -0.377 e. The third kappa shape index (κ3) is 3.06. The van der Waals surface area contributed by atoms with Crippen molar-refractivity contribution in [2.75, 3.05) is 26.7 Å². The van der Waals surface area contributed by atoms with Crippen LogP contribution in [0.25, 0.3) is 0 Å². The van der Waals surface area contributed by atoms with Gasteiger partial charge in [0.25, 0.3) is 0 Å². The minimum absolute atomic E-state index is 0.182. The van der Waals surface area contributed by atoms with Crippen molar-refractivity contribution in [2.24, 2.45) is 0 Å². The molecule has 0 aromatic heterocycles. The average molecular weight is 254 g/mol. The predicted octanol–water partition coefficient (Wildman–Crippen LogP) is 2.41. The van der Waals surface area contributed by atoms with E-state index >= 15 is 0 Å². The lowest BCUT2D eigenvalue weighted by molar-refractivity contribution is -0.102. The Morgan fingerprint density at radius 1 is 1.33 bits per heavy atom. The van der Waals surface area contributed by atoms with E-state index in [0.29, 0.717) is 12.1 Å². The lowest BCUT2D eigenvalue weighted by atomic mass is 9.79. The highest BCUT2D eigenvalue weighted by Crippen LogP contribution is 2.36. The first-order valence-electron chi connectivity index (χ1n) is 7.75. The first-order valence-corrected chi connectivity index (χ1v) is 7.75. The highest BCUT2D eigenvalue weighted by Gasteiger charge is 2.41. The van der Waals surface area contributed by atoms with Gasteiger partial charge in [-0.3, -0.25) is 4.90 Å². The van der Waals surface area contributed by atoms with Gasteiger partial charge in [0.2, 0.25) is 0 Å². The molecule has 2 rings (SSSR count). The zero-order chi connectivity index (χ0) is 13.0. The summed E-state index contributed by atoms with van der Waals surface area (Å²) in [4.78, 5) is 2.69. The fourth-order valence-corrected chi connectivity index (χ4v) is 3.43. The van der Waals surface area contributed by atoms with Crippen molar-refractivity contribution in [1.29, 1.82) is 0 Å². The molecule has 0 bridgehead atoms. The lowest BCUT2D eigenvalue weighted by Gasteiger charge is -2.48. The van der Waals surface area contributed by atoms with Crippen molar-refractivity contribution in [3.05, 3.63) is 0 Å². The molecule has 3 heteroatoms. The highest BCUT2D eigenvalue weighted by molar-refractivity contribution is 4.96. The molecule has 3 nitrogen and oxygen atoms in total. The van der Waals surface area contributed by atoms with Crippen LogP contribution in [-0.4, -0.2) is 49.3 Å². The van der Waals surface area contributed by atoms with Gasteiger partial charge in [0.05, 0.1) is 5.60 Å². The van der Waals surface area contributed by atoms with E-state index < -0.39 is 0 Å². The molecule has 1 aliphatic carbocycles. The number of rotatable bonds is 6. The third-order valence-corrected chi connectivity index (χ3v) is 4.91.